The Morgan fingerprint density at radius 2 is 1.70 bits per heavy atom. The summed E-state index contributed by atoms with van der Waals surface area (Å²) >= 11 is 0. The molecule has 5 nitrogen and oxygen atoms in total. The number of likely N-dealkylation sites (tertiary alicyclic amines) is 1. The molecule has 0 bridgehead atoms. The number of benzene rings is 1. The molecule has 1 fully saturated rings. The molecule has 0 unspecified atom stereocenters. The van der Waals surface area contributed by atoms with Gasteiger partial charge in [0.05, 0.1) is 5.41 Å². The van der Waals surface area contributed by atoms with Crippen molar-refractivity contribution in [3.63, 3.8) is 0 Å². The molecule has 2 aliphatic heterocycles. The van der Waals surface area contributed by atoms with Gasteiger partial charge in [0.25, 0.3) is 0 Å². The van der Waals surface area contributed by atoms with Gasteiger partial charge in [-0.3, -0.25) is 9.78 Å². The molecule has 3 heterocycles. The summed E-state index contributed by atoms with van der Waals surface area (Å²) in [4.78, 5) is 21.6. The first-order valence-electron chi connectivity index (χ1n) is 8.71. The van der Waals surface area contributed by atoms with Crippen LogP contribution >= 0.6 is 24.8 Å². The van der Waals surface area contributed by atoms with Crippen LogP contribution < -0.4 is 4.90 Å². The molecular weight excluding hydrogens is 385 g/mol. The standard InChI is InChI=1S/C20H23N3O.2ClH.H2O/c1-22-18-8-3-2-7-17(18)20(19(22)24)10-14-23(15-11-20)13-9-16-6-4-5-12-21-16;;;/h2-8,12H,9-11,13-15H2,1H3;2*1H;1H2. The zero-order valence-electron chi connectivity index (χ0n) is 15.4. The van der Waals surface area contributed by atoms with Gasteiger partial charge in [0.15, 0.2) is 0 Å². The number of pyridine rings is 1. The zero-order chi connectivity index (χ0) is 16.6. The molecule has 2 N–H and O–H groups in total. The van der Waals surface area contributed by atoms with Gasteiger partial charge in [-0.2, -0.15) is 0 Å². The number of fused-ring (bicyclic) bond motifs is 2. The van der Waals surface area contributed by atoms with Crippen LogP contribution in [0.1, 0.15) is 24.1 Å². The summed E-state index contributed by atoms with van der Waals surface area (Å²) < 4.78 is 0. The molecule has 0 aliphatic carbocycles. The van der Waals surface area contributed by atoms with E-state index >= 15 is 0 Å². The van der Waals surface area contributed by atoms with E-state index in [0.717, 1.165) is 50.3 Å². The number of hydrogen-bond donors (Lipinski definition) is 0. The lowest BCUT2D eigenvalue weighted by Crippen LogP contribution is -2.48. The van der Waals surface area contributed by atoms with Gasteiger partial charge < -0.3 is 15.3 Å². The Hall–Kier alpha value is -1.66. The number of aromatic nitrogens is 1. The Labute approximate surface area is 172 Å². The van der Waals surface area contributed by atoms with Crippen molar-refractivity contribution in [2.45, 2.75) is 24.7 Å². The summed E-state index contributed by atoms with van der Waals surface area (Å²) in [5, 5.41) is 0. The van der Waals surface area contributed by atoms with E-state index in [1.165, 1.54) is 5.56 Å². The number of amides is 1. The van der Waals surface area contributed by atoms with Crippen molar-refractivity contribution in [1.29, 1.82) is 0 Å². The fraction of sp³-hybridized carbons (Fsp3) is 0.400. The van der Waals surface area contributed by atoms with Crippen molar-refractivity contribution in [3.8, 4) is 0 Å². The molecule has 0 atom stereocenters. The van der Waals surface area contributed by atoms with E-state index in [0.29, 0.717) is 0 Å². The Morgan fingerprint density at radius 3 is 2.37 bits per heavy atom. The molecule has 27 heavy (non-hydrogen) atoms. The Kier molecular flexibility index (Phi) is 8.23. The van der Waals surface area contributed by atoms with Gasteiger partial charge in [-0.05, 0) is 49.7 Å². The van der Waals surface area contributed by atoms with Crippen LogP contribution in [0, 0.1) is 0 Å². The minimum absolute atomic E-state index is 0. The van der Waals surface area contributed by atoms with E-state index in [4.69, 9.17) is 0 Å². The average molecular weight is 412 g/mol. The van der Waals surface area contributed by atoms with Crippen molar-refractivity contribution in [3.05, 3.63) is 59.9 Å². The lowest BCUT2D eigenvalue weighted by Gasteiger charge is -2.38. The summed E-state index contributed by atoms with van der Waals surface area (Å²) in [5.41, 5.74) is 3.15. The van der Waals surface area contributed by atoms with Crippen LogP contribution in [0.25, 0.3) is 0 Å². The van der Waals surface area contributed by atoms with Crippen LogP contribution in [0.15, 0.2) is 48.7 Å². The second kappa shape index (κ2) is 9.51. The molecule has 7 heteroatoms. The molecule has 1 spiro atoms. The molecule has 2 aliphatic rings. The highest BCUT2D eigenvalue weighted by atomic mass is 35.5. The zero-order valence-corrected chi connectivity index (χ0v) is 17.1. The second-order valence-electron chi connectivity index (χ2n) is 6.88. The van der Waals surface area contributed by atoms with Crippen LogP contribution in [0.5, 0.6) is 0 Å². The van der Waals surface area contributed by atoms with E-state index in [9.17, 15) is 4.79 Å². The Balaban J connectivity index is 0.00000121. The van der Waals surface area contributed by atoms with Crippen molar-refractivity contribution in [2.24, 2.45) is 0 Å². The summed E-state index contributed by atoms with van der Waals surface area (Å²) in [6, 6.07) is 14.3. The topological polar surface area (TPSA) is 67.9 Å². The number of carbonyl (C=O) groups is 1. The maximum atomic E-state index is 12.9. The highest BCUT2D eigenvalue weighted by molar-refractivity contribution is 6.07. The fourth-order valence-electron chi connectivity index (χ4n) is 4.18. The number of halogens is 2. The van der Waals surface area contributed by atoms with Crippen molar-refractivity contribution < 1.29 is 10.3 Å². The van der Waals surface area contributed by atoms with E-state index in [-0.39, 0.29) is 41.6 Å². The third-order valence-corrected chi connectivity index (χ3v) is 5.61. The largest absolute Gasteiger partial charge is 0.412 e. The number of rotatable bonds is 3. The van der Waals surface area contributed by atoms with Gasteiger partial charge in [0.2, 0.25) is 5.91 Å². The smallest absolute Gasteiger partial charge is 0.237 e. The molecule has 1 saturated heterocycles. The third kappa shape index (κ3) is 4.11. The monoisotopic (exact) mass is 411 g/mol. The van der Waals surface area contributed by atoms with Crippen LogP contribution in [-0.4, -0.2) is 47.9 Å². The van der Waals surface area contributed by atoms with Crippen LogP contribution in [0.4, 0.5) is 5.69 Å². The molecule has 0 saturated carbocycles. The van der Waals surface area contributed by atoms with Crippen LogP contribution in [-0.2, 0) is 16.6 Å². The molecule has 1 amide bonds. The Bertz CT molecular complexity index is 750. The van der Waals surface area contributed by atoms with E-state index in [2.05, 4.69) is 34.1 Å². The highest BCUT2D eigenvalue weighted by Gasteiger charge is 2.50. The number of likely N-dealkylation sites (N-methyl/N-ethyl adjacent to an activating group) is 1. The summed E-state index contributed by atoms with van der Waals surface area (Å²) in [6.45, 7) is 2.96. The predicted octanol–water partition coefficient (Wildman–Crippen LogP) is 2.65. The molecule has 1 aromatic heterocycles. The fourth-order valence-corrected chi connectivity index (χ4v) is 4.18. The summed E-state index contributed by atoms with van der Waals surface area (Å²) in [7, 11) is 1.91. The quantitative estimate of drug-likeness (QED) is 0.779. The third-order valence-electron chi connectivity index (χ3n) is 5.61. The first-order chi connectivity index (χ1) is 11.7. The minimum Gasteiger partial charge on any atom is -0.412 e. The van der Waals surface area contributed by atoms with Crippen molar-refractivity contribution in [2.75, 3.05) is 31.6 Å². The number of carbonyl (C=O) groups excluding carboxylic acids is 1. The minimum atomic E-state index is -0.299. The number of anilines is 1. The van der Waals surface area contributed by atoms with E-state index < -0.39 is 0 Å². The number of piperidine rings is 1. The van der Waals surface area contributed by atoms with Crippen molar-refractivity contribution in [1.82, 2.24) is 9.88 Å². The van der Waals surface area contributed by atoms with Gasteiger partial charge in [-0.15, -0.1) is 24.8 Å². The van der Waals surface area contributed by atoms with Crippen molar-refractivity contribution >= 4 is 36.4 Å². The molecule has 1 aromatic carbocycles. The molecule has 0 radical (unpaired) electrons. The first-order valence-corrected chi connectivity index (χ1v) is 8.71. The second-order valence-corrected chi connectivity index (χ2v) is 6.88. The molecular formula is C20H27Cl2N3O2. The highest BCUT2D eigenvalue weighted by Crippen LogP contribution is 2.47. The van der Waals surface area contributed by atoms with Gasteiger partial charge in [-0.1, -0.05) is 24.3 Å². The van der Waals surface area contributed by atoms with E-state index in [1.807, 2.05) is 36.3 Å². The maximum absolute atomic E-state index is 12.9. The SMILES string of the molecule is CN1C(=O)C2(CCN(CCc3ccccn3)CC2)c2ccccc21.Cl.Cl.O. The lowest BCUT2D eigenvalue weighted by molar-refractivity contribution is -0.124. The first kappa shape index (κ1) is 23.4. The van der Waals surface area contributed by atoms with Gasteiger partial charge in [0, 0.05) is 37.6 Å². The van der Waals surface area contributed by atoms with Crippen LogP contribution in [0.3, 0.4) is 0 Å². The number of hydrogen-bond acceptors (Lipinski definition) is 3. The van der Waals surface area contributed by atoms with Crippen LogP contribution in [0.2, 0.25) is 0 Å². The van der Waals surface area contributed by atoms with E-state index in [1.54, 1.807) is 0 Å². The summed E-state index contributed by atoms with van der Waals surface area (Å²) in [5.74, 6) is 0.271. The summed E-state index contributed by atoms with van der Waals surface area (Å²) in [6.07, 6.45) is 4.65. The predicted molar refractivity (Wildman–Crippen MR) is 113 cm³/mol. The van der Waals surface area contributed by atoms with Gasteiger partial charge in [-0.25, -0.2) is 0 Å². The normalized spacial score (nSPS) is 17.5. The lowest BCUT2D eigenvalue weighted by atomic mass is 9.73. The Morgan fingerprint density at radius 1 is 1.04 bits per heavy atom. The molecule has 148 valence electrons. The maximum Gasteiger partial charge on any atom is 0.237 e. The molecule has 2 aromatic rings. The van der Waals surface area contributed by atoms with Gasteiger partial charge in [0.1, 0.15) is 0 Å². The van der Waals surface area contributed by atoms with Gasteiger partial charge >= 0.3 is 0 Å². The number of para-hydroxylation sites is 1. The average Bonchev–Trinajstić information content (AvgIpc) is 2.85. The molecule has 4 rings (SSSR count). The number of nitrogens with zero attached hydrogens (tertiary/aromatic N) is 3.